The zero-order valence-electron chi connectivity index (χ0n) is 10.4. The number of nitrogens with one attached hydrogen (secondary N) is 1. The van der Waals surface area contributed by atoms with Crippen molar-refractivity contribution in [1.82, 2.24) is 5.32 Å². The van der Waals surface area contributed by atoms with E-state index in [-0.39, 0.29) is 28.3 Å². The molecule has 0 saturated heterocycles. The molecule has 0 heterocycles. The van der Waals surface area contributed by atoms with E-state index in [2.05, 4.69) is 5.32 Å². The van der Waals surface area contributed by atoms with Crippen molar-refractivity contribution in [3.8, 4) is 0 Å². The van der Waals surface area contributed by atoms with Gasteiger partial charge < -0.3 is 11.1 Å². The summed E-state index contributed by atoms with van der Waals surface area (Å²) in [7, 11) is -1.56. The molecule has 1 aromatic carbocycles. The smallest absolute Gasteiger partial charge is 0.233 e. The summed E-state index contributed by atoms with van der Waals surface area (Å²) in [4.78, 5) is 11.8. The minimum atomic E-state index is -1.56. The van der Waals surface area contributed by atoms with Crippen LogP contribution < -0.4 is 11.1 Å². The van der Waals surface area contributed by atoms with E-state index in [0.29, 0.717) is 0 Å². The molecule has 0 aliphatic carbocycles. The molecule has 4 nitrogen and oxygen atoms in total. The van der Waals surface area contributed by atoms with Crippen LogP contribution in [-0.4, -0.2) is 21.9 Å². The summed E-state index contributed by atoms with van der Waals surface area (Å²) in [6, 6.07) is 3.94. The Morgan fingerprint density at radius 2 is 2.22 bits per heavy atom. The lowest BCUT2D eigenvalue weighted by Crippen LogP contribution is -2.35. The van der Waals surface area contributed by atoms with E-state index in [0.717, 1.165) is 12.5 Å². The predicted molar refractivity (Wildman–Crippen MR) is 70.0 cm³/mol. The molecule has 0 aliphatic heterocycles. The summed E-state index contributed by atoms with van der Waals surface area (Å²) >= 11 is 0. The largest absolute Gasteiger partial charge is 0.396 e. The summed E-state index contributed by atoms with van der Waals surface area (Å²) in [5, 5.41) is 2.71. The molecule has 1 rings (SSSR count). The second-order valence-electron chi connectivity index (χ2n) is 4.05. The fraction of sp³-hybridized carbons (Fsp3) is 0.417. The SMILES string of the molecule is CCC(C)NC(=O)CS(=O)c1ccc(N)c(F)c1. The van der Waals surface area contributed by atoms with Crippen LogP contribution in [0.1, 0.15) is 20.3 Å². The third-order valence-electron chi connectivity index (χ3n) is 2.52. The Morgan fingerprint density at radius 3 is 2.78 bits per heavy atom. The monoisotopic (exact) mass is 272 g/mol. The van der Waals surface area contributed by atoms with Crippen LogP contribution in [0.25, 0.3) is 0 Å². The first kappa shape index (κ1) is 14.6. The van der Waals surface area contributed by atoms with E-state index >= 15 is 0 Å². The molecule has 6 heteroatoms. The molecule has 100 valence electrons. The van der Waals surface area contributed by atoms with Crippen LogP contribution in [0.5, 0.6) is 0 Å². The maximum absolute atomic E-state index is 13.2. The zero-order chi connectivity index (χ0) is 13.7. The van der Waals surface area contributed by atoms with Gasteiger partial charge in [-0.2, -0.15) is 0 Å². The Hall–Kier alpha value is -1.43. The first-order valence-corrected chi connectivity index (χ1v) is 6.98. The summed E-state index contributed by atoms with van der Waals surface area (Å²) in [5.74, 6) is -1.10. The summed E-state index contributed by atoms with van der Waals surface area (Å²) in [6.45, 7) is 3.81. The molecule has 2 atom stereocenters. The molecule has 0 radical (unpaired) electrons. The van der Waals surface area contributed by atoms with Gasteiger partial charge in [0.25, 0.3) is 0 Å². The first-order chi connectivity index (χ1) is 8.43. The number of carbonyl (C=O) groups excluding carboxylic acids is 1. The van der Waals surface area contributed by atoms with Crippen molar-refractivity contribution in [3.63, 3.8) is 0 Å². The van der Waals surface area contributed by atoms with E-state index in [9.17, 15) is 13.4 Å². The van der Waals surface area contributed by atoms with Crippen LogP contribution >= 0.6 is 0 Å². The number of halogens is 1. The van der Waals surface area contributed by atoms with Crippen molar-refractivity contribution < 1.29 is 13.4 Å². The van der Waals surface area contributed by atoms with Crippen LogP contribution in [-0.2, 0) is 15.6 Å². The topological polar surface area (TPSA) is 72.2 Å². The van der Waals surface area contributed by atoms with Crippen molar-refractivity contribution in [2.45, 2.75) is 31.2 Å². The van der Waals surface area contributed by atoms with E-state index < -0.39 is 16.6 Å². The molecule has 1 amide bonds. The lowest BCUT2D eigenvalue weighted by Gasteiger charge is -2.11. The Kier molecular flexibility index (Phi) is 5.27. The Morgan fingerprint density at radius 1 is 1.56 bits per heavy atom. The first-order valence-electron chi connectivity index (χ1n) is 5.66. The molecule has 2 unspecified atom stereocenters. The maximum Gasteiger partial charge on any atom is 0.233 e. The number of benzene rings is 1. The number of nitrogen functional groups attached to an aromatic ring is 1. The van der Waals surface area contributed by atoms with Gasteiger partial charge in [-0.1, -0.05) is 6.92 Å². The van der Waals surface area contributed by atoms with Gasteiger partial charge in [-0.05, 0) is 31.5 Å². The molecule has 0 aliphatic rings. The van der Waals surface area contributed by atoms with Gasteiger partial charge in [-0.25, -0.2) is 4.39 Å². The van der Waals surface area contributed by atoms with E-state index in [1.807, 2.05) is 13.8 Å². The van der Waals surface area contributed by atoms with E-state index in [1.165, 1.54) is 12.1 Å². The zero-order valence-corrected chi connectivity index (χ0v) is 11.2. The summed E-state index contributed by atoms with van der Waals surface area (Å²) < 4.78 is 25.0. The fourth-order valence-electron chi connectivity index (χ4n) is 1.27. The Labute approximate surface area is 108 Å². The van der Waals surface area contributed by atoms with E-state index in [4.69, 9.17) is 5.73 Å². The molecule has 0 fully saturated rings. The van der Waals surface area contributed by atoms with Crippen molar-refractivity contribution in [1.29, 1.82) is 0 Å². The van der Waals surface area contributed by atoms with Crippen LogP contribution in [0.15, 0.2) is 23.1 Å². The highest BCUT2D eigenvalue weighted by Crippen LogP contribution is 2.15. The molecule has 1 aromatic rings. The normalized spacial score (nSPS) is 13.9. The third-order valence-corrected chi connectivity index (χ3v) is 3.82. The number of carbonyl (C=O) groups is 1. The maximum atomic E-state index is 13.2. The minimum Gasteiger partial charge on any atom is -0.396 e. The minimum absolute atomic E-state index is 0.000179. The lowest BCUT2D eigenvalue weighted by atomic mass is 10.3. The average Bonchev–Trinajstić information content (AvgIpc) is 2.32. The van der Waals surface area contributed by atoms with Gasteiger partial charge in [-0.15, -0.1) is 0 Å². The predicted octanol–water partition coefficient (Wildman–Crippen LogP) is 1.43. The van der Waals surface area contributed by atoms with Gasteiger partial charge in [0.15, 0.2) is 0 Å². The summed E-state index contributed by atoms with van der Waals surface area (Å²) in [6.07, 6.45) is 0.800. The molecule has 0 aromatic heterocycles. The molecular formula is C12H17FN2O2S. The molecular weight excluding hydrogens is 255 g/mol. The lowest BCUT2D eigenvalue weighted by molar-refractivity contribution is -0.119. The third kappa shape index (κ3) is 4.10. The van der Waals surface area contributed by atoms with Gasteiger partial charge in [0, 0.05) is 10.9 Å². The highest BCUT2D eigenvalue weighted by atomic mass is 32.2. The summed E-state index contributed by atoms with van der Waals surface area (Å²) in [5.41, 5.74) is 5.32. The molecule has 0 saturated carbocycles. The number of anilines is 1. The molecule has 3 N–H and O–H groups in total. The van der Waals surface area contributed by atoms with Crippen molar-refractivity contribution >= 4 is 22.4 Å². The highest BCUT2D eigenvalue weighted by molar-refractivity contribution is 7.85. The van der Waals surface area contributed by atoms with Crippen molar-refractivity contribution in [2.75, 3.05) is 11.5 Å². The number of amides is 1. The second-order valence-corrected chi connectivity index (χ2v) is 5.50. The van der Waals surface area contributed by atoms with Gasteiger partial charge in [0.2, 0.25) is 5.91 Å². The van der Waals surface area contributed by atoms with Crippen LogP contribution in [0, 0.1) is 5.82 Å². The van der Waals surface area contributed by atoms with Crippen LogP contribution in [0.3, 0.4) is 0 Å². The quantitative estimate of drug-likeness (QED) is 0.796. The Balaban J connectivity index is 2.65. The standard InChI is InChI=1S/C12H17FN2O2S/c1-3-8(2)15-12(16)7-18(17)9-4-5-11(14)10(13)6-9/h4-6,8H,3,7,14H2,1-2H3,(H,15,16). The number of nitrogens with two attached hydrogens (primary N) is 1. The molecule has 0 spiro atoms. The van der Waals surface area contributed by atoms with E-state index in [1.54, 1.807) is 0 Å². The molecule has 18 heavy (non-hydrogen) atoms. The van der Waals surface area contributed by atoms with Crippen molar-refractivity contribution in [3.05, 3.63) is 24.0 Å². The van der Waals surface area contributed by atoms with Crippen LogP contribution in [0.2, 0.25) is 0 Å². The van der Waals surface area contributed by atoms with Gasteiger partial charge >= 0.3 is 0 Å². The number of rotatable bonds is 5. The van der Waals surface area contributed by atoms with Gasteiger partial charge in [0.1, 0.15) is 11.6 Å². The van der Waals surface area contributed by atoms with Crippen LogP contribution in [0.4, 0.5) is 10.1 Å². The van der Waals surface area contributed by atoms with Crippen molar-refractivity contribution in [2.24, 2.45) is 0 Å². The molecule has 0 bridgehead atoms. The fourth-order valence-corrected chi connectivity index (χ4v) is 2.21. The second kappa shape index (κ2) is 6.49. The Bertz CT molecular complexity index is 465. The van der Waals surface area contributed by atoms with Gasteiger partial charge in [-0.3, -0.25) is 9.00 Å². The van der Waals surface area contributed by atoms with Gasteiger partial charge in [0.05, 0.1) is 16.5 Å². The average molecular weight is 272 g/mol. The highest BCUT2D eigenvalue weighted by Gasteiger charge is 2.13. The number of hydrogen-bond donors (Lipinski definition) is 2. The number of hydrogen-bond acceptors (Lipinski definition) is 3.